The van der Waals surface area contributed by atoms with Crippen LogP contribution in [0.4, 0.5) is 0 Å². The molecule has 0 aliphatic heterocycles. The molecule has 1 atom stereocenters. The summed E-state index contributed by atoms with van der Waals surface area (Å²) in [7, 11) is 0.708. The molecule has 42 valence electrons. The molecule has 0 aliphatic rings. The molecule has 1 rings (SSSR count). The number of aromatic nitrogens is 2. The quantitative estimate of drug-likeness (QED) is 0.509. The zero-order valence-corrected chi connectivity index (χ0v) is 5.63. The minimum Gasteiger partial charge on any atom is -0.237 e. The fourth-order valence-electron chi connectivity index (χ4n) is 0.428. The molecule has 8 heavy (non-hydrogen) atoms. The molecule has 1 heterocycles. The fraction of sp³-hybridized carbons (Fsp3) is 0.200. The Labute approximate surface area is 50.2 Å². The third-order valence-corrected chi connectivity index (χ3v) is 1.49. The molecule has 1 aromatic rings. The van der Waals surface area contributed by atoms with E-state index >= 15 is 0 Å². The van der Waals surface area contributed by atoms with Gasteiger partial charge in [-0.15, -0.1) is 0 Å². The first-order valence-corrected chi connectivity index (χ1v) is 3.88. The lowest BCUT2D eigenvalue weighted by Gasteiger charge is -1.87. The van der Waals surface area contributed by atoms with Gasteiger partial charge in [-0.25, -0.2) is 9.97 Å². The van der Waals surface area contributed by atoms with Gasteiger partial charge in [0, 0.05) is 12.4 Å². The van der Waals surface area contributed by atoms with Gasteiger partial charge >= 0.3 is 0 Å². The van der Waals surface area contributed by atoms with Gasteiger partial charge in [0.05, 0.1) is 0 Å². The molecule has 3 heteroatoms. The molecule has 0 saturated carbocycles. The van der Waals surface area contributed by atoms with Gasteiger partial charge in [0.15, 0.2) is 0 Å². The lowest BCUT2D eigenvalue weighted by Crippen LogP contribution is -2.02. The minimum absolute atomic E-state index is 0.708. The van der Waals surface area contributed by atoms with Crippen molar-refractivity contribution in [3.8, 4) is 0 Å². The minimum atomic E-state index is 0.708. The van der Waals surface area contributed by atoms with Crippen LogP contribution in [-0.4, -0.2) is 16.6 Å². The monoisotopic (exact) mass is 126 g/mol. The molecule has 1 aromatic heterocycles. The van der Waals surface area contributed by atoms with Crippen molar-refractivity contribution in [3.05, 3.63) is 18.5 Å². The zero-order valence-electron chi connectivity index (χ0n) is 4.63. The third kappa shape index (κ3) is 1.24. The Morgan fingerprint density at radius 3 is 2.38 bits per heavy atom. The molecule has 0 aromatic carbocycles. The van der Waals surface area contributed by atoms with E-state index in [9.17, 15) is 0 Å². The van der Waals surface area contributed by atoms with Crippen LogP contribution in [0.25, 0.3) is 0 Å². The van der Waals surface area contributed by atoms with Gasteiger partial charge in [0.25, 0.3) is 0 Å². The van der Waals surface area contributed by atoms with Gasteiger partial charge in [-0.3, -0.25) is 0 Å². The van der Waals surface area contributed by atoms with Crippen LogP contribution in [0.5, 0.6) is 0 Å². The Morgan fingerprint density at radius 2 is 2.00 bits per heavy atom. The van der Waals surface area contributed by atoms with Crippen LogP contribution in [0.3, 0.4) is 0 Å². The maximum absolute atomic E-state index is 4.00. The van der Waals surface area contributed by atoms with Gasteiger partial charge in [0.1, 0.15) is 5.57 Å². The summed E-state index contributed by atoms with van der Waals surface area (Å²) in [5.41, 5.74) is 0.938. The van der Waals surface area contributed by atoms with Crippen molar-refractivity contribution < 1.29 is 0 Å². The number of nitrogens with zero attached hydrogens (tertiary/aromatic N) is 2. The first kappa shape index (κ1) is 5.64. The standard InChI is InChI=1S/C5H7N2P/c1-8-5-6-3-2-4-7-5/h2-4,8H,1H3. The van der Waals surface area contributed by atoms with E-state index in [0.29, 0.717) is 8.58 Å². The Bertz CT molecular complexity index is 152. The highest BCUT2D eigenvalue weighted by Gasteiger charge is 1.83. The molecule has 0 aliphatic carbocycles. The normalized spacial score (nSPS) is 10.6. The largest absolute Gasteiger partial charge is 0.237 e. The number of hydrogen-bond acceptors (Lipinski definition) is 2. The van der Waals surface area contributed by atoms with E-state index in [1.807, 2.05) is 6.07 Å². The van der Waals surface area contributed by atoms with Crippen LogP contribution < -0.4 is 5.57 Å². The van der Waals surface area contributed by atoms with E-state index in [4.69, 9.17) is 0 Å². The SMILES string of the molecule is CPc1ncccn1. The van der Waals surface area contributed by atoms with Crippen LogP contribution in [-0.2, 0) is 0 Å². The Hall–Kier alpha value is -0.490. The Kier molecular flexibility index (Phi) is 1.93. The Morgan fingerprint density at radius 1 is 1.38 bits per heavy atom. The summed E-state index contributed by atoms with van der Waals surface area (Å²) in [4.78, 5) is 8.00. The smallest absolute Gasteiger partial charge is 0.147 e. The highest BCUT2D eigenvalue weighted by molar-refractivity contribution is 7.45. The molecule has 0 bridgehead atoms. The van der Waals surface area contributed by atoms with E-state index < -0.39 is 0 Å². The lowest BCUT2D eigenvalue weighted by atomic mass is 10.7. The van der Waals surface area contributed by atoms with Crippen molar-refractivity contribution in [2.24, 2.45) is 0 Å². The highest BCUT2D eigenvalue weighted by atomic mass is 31.1. The summed E-state index contributed by atoms with van der Waals surface area (Å²) in [6, 6.07) is 1.82. The second-order valence-electron chi connectivity index (χ2n) is 1.32. The summed E-state index contributed by atoms with van der Waals surface area (Å²) in [6.07, 6.45) is 3.53. The molecule has 0 spiro atoms. The van der Waals surface area contributed by atoms with Gasteiger partial charge in [-0.05, 0) is 12.7 Å². The van der Waals surface area contributed by atoms with E-state index in [1.165, 1.54) is 0 Å². The predicted molar refractivity (Wildman–Crippen MR) is 35.9 cm³/mol. The molecular formula is C5H7N2P. The summed E-state index contributed by atoms with van der Waals surface area (Å²) in [6.45, 7) is 2.06. The molecular weight excluding hydrogens is 119 g/mol. The van der Waals surface area contributed by atoms with Gasteiger partial charge in [-0.1, -0.05) is 8.58 Å². The summed E-state index contributed by atoms with van der Waals surface area (Å²) in [5, 5.41) is 0. The average Bonchev–Trinajstić information content (AvgIpc) is 1.90. The van der Waals surface area contributed by atoms with Crippen LogP contribution >= 0.6 is 8.58 Å². The van der Waals surface area contributed by atoms with Gasteiger partial charge < -0.3 is 0 Å². The summed E-state index contributed by atoms with van der Waals surface area (Å²) < 4.78 is 0. The van der Waals surface area contributed by atoms with Gasteiger partial charge in [0.2, 0.25) is 0 Å². The van der Waals surface area contributed by atoms with E-state index in [2.05, 4.69) is 16.6 Å². The molecule has 0 saturated heterocycles. The fourth-order valence-corrected chi connectivity index (χ4v) is 0.835. The highest BCUT2D eigenvalue weighted by Crippen LogP contribution is 1.94. The molecule has 0 amide bonds. The van der Waals surface area contributed by atoms with E-state index in [-0.39, 0.29) is 0 Å². The van der Waals surface area contributed by atoms with Crippen LogP contribution in [0.2, 0.25) is 0 Å². The molecule has 0 fully saturated rings. The average molecular weight is 126 g/mol. The van der Waals surface area contributed by atoms with Crippen molar-refractivity contribution in [2.45, 2.75) is 0 Å². The maximum Gasteiger partial charge on any atom is 0.147 e. The van der Waals surface area contributed by atoms with E-state index in [0.717, 1.165) is 5.57 Å². The van der Waals surface area contributed by atoms with Crippen LogP contribution in [0, 0.1) is 0 Å². The van der Waals surface area contributed by atoms with Crippen molar-refractivity contribution in [3.63, 3.8) is 0 Å². The van der Waals surface area contributed by atoms with E-state index in [1.54, 1.807) is 12.4 Å². The maximum atomic E-state index is 4.00. The summed E-state index contributed by atoms with van der Waals surface area (Å²) >= 11 is 0. The van der Waals surface area contributed by atoms with Gasteiger partial charge in [-0.2, -0.15) is 0 Å². The first-order valence-electron chi connectivity index (χ1n) is 2.38. The van der Waals surface area contributed by atoms with Crippen LogP contribution in [0.1, 0.15) is 0 Å². The number of rotatable bonds is 1. The first-order chi connectivity index (χ1) is 3.93. The molecule has 1 unspecified atom stereocenters. The zero-order chi connectivity index (χ0) is 5.82. The van der Waals surface area contributed by atoms with Crippen molar-refractivity contribution in [1.29, 1.82) is 0 Å². The number of hydrogen-bond donors (Lipinski definition) is 0. The predicted octanol–water partition coefficient (Wildman–Crippen LogP) is 0.410. The van der Waals surface area contributed by atoms with Crippen LogP contribution in [0.15, 0.2) is 18.5 Å². The van der Waals surface area contributed by atoms with Crippen molar-refractivity contribution in [2.75, 3.05) is 6.66 Å². The summed E-state index contributed by atoms with van der Waals surface area (Å²) in [5.74, 6) is 0. The Balaban J connectivity index is 2.83. The lowest BCUT2D eigenvalue weighted by molar-refractivity contribution is 1.24. The third-order valence-electron chi connectivity index (χ3n) is 0.789. The molecule has 0 N–H and O–H groups in total. The van der Waals surface area contributed by atoms with Crippen molar-refractivity contribution >= 4 is 14.1 Å². The second-order valence-corrected chi connectivity index (χ2v) is 2.27. The second kappa shape index (κ2) is 2.73. The topological polar surface area (TPSA) is 25.8 Å². The van der Waals surface area contributed by atoms with Crippen molar-refractivity contribution in [1.82, 2.24) is 9.97 Å². The molecule has 0 radical (unpaired) electrons. The molecule has 2 nitrogen and oxygen atoms in total.